The van der Waals surface area contributed by atoms with Gasteiger partial charge < -0.3 is 4.74 Å². The Morgan fingerprint density at radius 1 is 1.19 bits per heavy atom. The van der Waals surface area contributed by atoms with E-state index in [1.54, 1.807) is 12.3 Å². The third kappa shape index (κ3) is 5.90. The molecule has 1 fully saturated rings. The number of nitrogens with zero attached hydrogens (tertiary/aromatic N) is 2. The minimum atomic E-state index is -3.59. The fourth-order valence-corrected chi connectivity index (χ4v) is 6.09. The summed E-state index contributed by atoms with van der Waals surface area (Å²) >= 11 is 1.21. The number of hydrogen-bond donors (Lipinski definition) is 1. The molecule has 0 spiro atoms. The summed E-state index contributed by atoms with van der Waals surface area (Å²) in [5.41, 5.74) is 0.839. The molecule has 1 aliphatic rings. The SMILES string of the molecule is CCOC(=O)Cc1csc(NC(=O)c2ccc(S(=O)(=O)N3CC(C)CC(C)C3)cc2)n1. The first kappa shape index (κ1) is 23.4. The van der Waals surface area contributed by atoms with Crippen LogP contribution in [0.2, 0.25) is 0 Å². The van der Waals surface area contributed by atoms with Gasteiger partial charge in [-0.2, -0.15) is 4.31 Å². The van der Waals surface area contributed by atoms with Crippen LogP contribution < -0.4 is 5.32 Å². The molecular formula is C21H27N3O5S2. The Kier molecular flexibility index (Phi) is 7.45. The van der Waals surface area contributed by atoms with Crippen LogP contribution in [0.5, 0.6) is 0 Å². The second-order valence-corrected chi connectivity index (χ2v) is 10.7. The Morgan fingerprint density at radius 2 is 1.84 bits per heavy atom. The van der Waals surface area contributed by atoms with E-state index in [1.807, 2.05) is 0 Å². The van der Waals surface area contributed by atoms with Gasteiger partial charge in [-0.3, -0.25) is 14.9 Å². The quantitative estimate of drug-likeness (QED) is 0.630. The van der Waals surface area contributed by atoms with Gasteiger partial charge in [-0.1, -0.05) is 13.8 Å². The van der Waals surface area contributed by atoms with Gasteiger partial charge in [0.1, 0.15) is 0 Å². The van der Waals surface area contributed by atoms with Crippen molar-refractivity contribution in [1.82, 2.24) is 9.29 Å². The van der Waals surface area contributed by atoms with E-state index < -0.39 is 15.9 Å². The third-order valence-corrected chi connectivity index (χ3v) is 7.65. The van der Waals surface area contributed by atoms with Crippen molar-refractivity contribution in [2.24, 2.45) is 11.8 Å². The average molecular weight is 466 g/mol. The van der Waals surface area contributed by atoms with E-state index in [4.69, 9.17) is 4.74 Å². The zero-order valence-electron chi connectivity index (χ0n) is 17.8. The van der Waals surface area contributed by atoms with Crippen molar-refractivity contribution in [3.05, 3.63) is 40.9 Å². The van der Waals surface area contributed by atoms with Crippen molar-refractivity contribution in [2.45, 2.75) is 38.5 Å². The lowest BCUT2D eigenvalue weighted by molar-refractivity contribution is -0.142. The molecule has 0 saturated carbocycles. The molecule has 168 valence electrons. The molecule has 1 aromatic carbocycles. The molecule has 10 heteroatoms. The number of benzene rings is 1. The Morgan fingerprint density at radius 3 is 2.45 bits per heavy atom. The van der Waals surface area contributed by atoms with E-state index >= 15 is 0 Å². The van der Waals surface area contributed by atoms with Gasteiger partial charge in [0.25, 0.3) is 5.91 Å². The monoisotopic (exact) mass is 465 g/mol. The number of anilines is 1. The topological polar surface area (TPSA) is 106 Å². The van der Waals surface area contributed by atoms with E-state index in [9.17, 15) is 18.0 Å². The van der Waals surface area contributed by atoms with Gasteiger partial charge in [0.05, 0.1) is 23.6 Å². The maximum Gasteiger partial charge on any atom is 0.311 e. The lowest BCUT2D eigenvalue weighted by Gasteiger charge is -2.34. The van der Waals surface area contributed by atoms with Gasteiger partial charge in [-0.25, -0.2) is 13.4 Å². The standard InChI is InChI=1S/C21H27N3O5S2/c1-4-29-19(25)10-17-13-30-21(22-17)23-20(26)16-5-7-18(8-6-16)31(27,28)24-11-14(2)9-15(3)12-24/h5-8,13-15H,4,9-12H2,1-3H3,(H,22,23,26). The number of carbonyl (C=O) groups is 2. The molecular weight excluding hydrogens is 438 g/mol. The van der Waals surface area contributed by atoms with Crippen LogP contribution in [0.25, 0.3) is 0 Å². The van der Waals surface area contributed by atoms with Gasteiger partial charge in [-0.15, -0.1) is 11.3 Å². The van der Waals surface area contributed by atoms with Gasteiger partial charge >= 0.3 is 5.97 Å². The molecule has 31 heavy (non-hydrogen) atoms. The molecule has 0 bridgehead atoms. The van der Waals surface area contributed by atoms with Crippen LogP contribution in [0, 0.1) is 11.8 Å². The number of nitrogens with one attached hydrogen (secondary N) is 1. The predicted molar refractivity (Wildman–Crippen MR) is 119 cm³/mol. The molecule has 0 radical (unpaired) electrons. The number of hydrogen-bond acceptors (Lipinski definition) is 7. The minimum absolute atomic E-state index is 0.0422. The fraction of sp³-hybridized carbons (Fsp3) is 0.476. The number of sulfonamides is 1. The highest BCUT2D eigenvalue weighted by Gasteiger charge is 2.31. The van der Waals surface area contributed by atoms with Crippen molar-refractivity contribution >= 4 is 38.4 Å². The first-order valence-corrected chi connectivity index (χ1v) is 12.5. The summed E-state index contributed by atoms with van der Waals surface area (Å²) in [6, 6.07) is 5.91. The number of aromatic nitrogens is 1. The summed E-state index contributed by atoms with van der Waals surface area (Å²) < 4.78 is 32.3. The highest BCUT2D eigenvalue weighted by atomic mass is 32.2. The summed E-state index contributed by atoms with van der Waals surface area (Å²) in [4.78, 5) is 28.4. The molecule has 2 heterocycles. The summed E-state index contributed by atoms with van der Waals surface area (Å²) in [6.45, 7) is 7.16. The van der Waals surface area contributed by atoms with Crippen molar-refractivity contribution in [3.8, 4) is 0 Å². The van der Waals surface area contributed by atoms with Gasteiger partial charge in [0.15, 0.2) is 5.13 Å². The van der Waals surface area contributed by atoms with E-state index in [0.29, 0.717) is 47.9 Å². The molecule has 1 N–H and O–H groups in total. The number of rotatable bonds is 7. The van der Waals surface area contributed by atoms with Crippen LogP contribution in [0.15, 0.2) is 34.5 Å². The molecule has 2 atom stereocenters. The number of carbonyl (C=O) groups excluding carboxylic acids is 2. The Labute approximate surface area is 186 Å². The molecule has 8 nitrogen and oxygen atoms in total. The zero-order chi connectivity index (χ0) is 22.6. The maximum atomic E-state index is 13.0. The van der Waals surface area contributed by atoms with Gasteiger partial charge in [0, 0.05) is 24.0 Å². The molecule has 3 rings (SSSR count). The van der Waals surface area contributed by atoms with E-state index in [0.717, 1.165) is 6.42 Å². The average Bonchev–Trinajstić information content (AvgIpc) is 3.14. The zero-order valence-corrected chi connectivity index (χ0v) is 19.5. The molecule has 0 aliphatic carbocycles. The third-order valence-electron chi connectivity index (χ3n) is 4.99. The van der Waals surface area contributed by atoms with Crippen molar-refractivity contribution < 1.29 is 22.7 Å². The Hall–Kier alpha value is -2.30. The molecule has 2 aromatic rings. The first-order chi connectivity index (χ1) is 14.7. The second-order valence-electron chi connectivity index (χ2n) is 7.87. The first-order valence-electron chi connectivity index (χ1n) is 10.2. The molecule has 1 saturated heterocycles. The van der Waals surface area contributed by atoms with Gasteiger partial charge in [-0.05, 0) is 49.4 Å². The smallest absolute Gasteiger partial charge is 0.311 e. The number of amides is 1. The molecule has 1 aromatic heterocycles. The molecule has 1 amide bonds. The molecule has 1 aliphatic heterocycles. The summed E-state index contributed by atoms with van der Waals surface area (Å²) in [6.07, 6.45) is 1.06. The Balaban J connectivity index is 1.65. The summed E-state index contributed by atoms with van der Waals surface area (Å²) in [7, 11) is -3.59. The van der Waals surface area contributed by atoms with Crippen LogP contribution in [0.1, 0.15) is 43.2 Å². The van der Waals surface area contributed by atoms with E-state index in [-0.39, 0.29) is 17.3 Å². The van der Waals surface area contributed by atoms with E-state index in [1.165, 1.54) is 39.9 Å². The number of thiazole rings is 1. The van der Waals surface area contributed by atoms with Crippen molar-refractivity contribution in [2.75, 3.05) is 25.0 Å². The predicted octanol–water partition coefficient (Wildman–Crippen LogP) is 3.17. The number of esters is 1. The van der Waals surface area contributed by atoms with Crippen LogP contribution >= 0.6 is 11.3 Å². The Bertz CT molecular complexity index is 1020. The highest BCUT2D eigenvalue weighted by Crippen LogP contribution is 2.27. The van der Waals surface area contributed by atoms with Gasteiger partial charge in [0.2, 0.25) is 10.0 Å². The van der Waals surface area contributed by atoms with E-state index in [2.05, 4.69) is 24.1 Å². The summed E-state index contributed by atoms with van der Waals surface area (Å²) in [5, 5.41) is 4.72. The van der Waals surface area contributed by atoms with Crippen LogP contribution in [-0.4, -0.2) is 49.3 Å². The number of ether oxygens (including phenoxy) is 1. The van der Waals surface area contributed by atoms with Crippen LogP contribution in [0.3, 0.4) is 0 Å². The highest BCUT2D eigenvalue weighted by molar-refractivity contribution is 7.89. The van der Waals surface area contributed by atoms with Crippen LogP contribution in [-0.2, 0) is 26.0 Å². The fourth-order valence-electron chi connectivity index (χ4n) is 3.70. The lowest BCUT2D eigenvalue weighted by atomic mass is 9.94. The summed E-state index contributed by atoms with van der Waals surface area (Å²) in [5.74, 6) is -0.146. The van der Waals surface area contributed by atoms with Crippen molar-refractivity contribution in [1.29, 1.82) is 0 Å². The second kappa shape index (κ2) is 9.88. The minimum Gasteiger partial charge on any atom is -0.466 e. The lowest BCUT2D eigenvalue weighted by Crippen LogP contribution is -2.42. The maximum absolute atomic E-state index is 13.0. The largest absolute Gasteiger partial charge is 0.466 e. The number of piperidine rings is 1. The van der Waals surface area contributed by atoms with Crippen LogP contribution in [0.4, 0.5) is 5.13 Å². The normalized spacial score (nSPS) is 19.7. The molecule has 2 unspecified atom stereocenters. The van der Waals surface area contributed by atoms with Crippen molar-refractivity contribution in [3.63, 3.8) is 0 Å².